The SMILES string of the molecule is CCOC(=O)c1c(NC(=O)c2ccc(C(=O)Nc3sc4c(c3C(=O)OCC)CCC4)nc2)sc2c1CCC2. The second-order valence-electron chi connectivity index (χ2n) is 8.90. The van der Waals surface area contributed by atoms with Crippen molar-refractivity contribution in [1.29, 1.82) is 0 Å². The molecule has 2 aliphatic carbocycles. The summed E-state index contributed by atoms with van der Waals surface area (Å²) in [6.07, 6.45) is 6.58. The average molecular weight is 554 g/mol. The molecule has 0 fully saturated rings. The number of amides is 2. The summed E-state index contributed by atoms with van der Waals surface area (Å²) in [5.74, 6) is -1.80. The van der Waals surface area contributed by atoms with Crippen molar-refractivity contribution in [3.63, 3.8) is 0 Å². The fourth-order valence-electron chi connectivity index (χ4n) is 4.83. The van der Waals surface area contributed by atoms with Crippen molar-refractivity contribution in [2.45, 2.75) is 52.4 Å². The van der Waals surface area contributed by atoms with Gasteiger partial charge in [0.05, 0.1) is 29.9 Å². The van der Waals surface area contributed by atoms with Crippen LogP contribution in [0.25, 0.3) is 0 Å². The quantitative estimate of drug-likeness (QED) is 0.375. The summed E-state index contributed by atoms with van der Waals surface area (Å²) in [5, 5.41) is 6.56. The van der Waals surface area contributed by atoms with Crippen molar-refractivity contribution >= 4 is 56.4 Å². The minimum Gasteiger partial charge on any atom is -0.462 e. The highest BCUT2D eigenvalue weighted by atomic mass is 32.1. The first kappa shape index (κ1) is 26.1. The molecule has 0 atom stereocenters. The summed E-state index contributed by atoms with van der Waals surface area (Å²) >= 11 is 2.79. The van der Waals surface area contributed by atoms with Gasteiger partial charge in [-0.1, -0.05) is 0 Å². The Labute approximate surface area is 227 Å². The van der Waals surface area contributed by atoms with Crippen molar-refractivity contribution in [3.05, 3.63) is 61.6 Å². The van der Waals surface area contributed by atoms with Crippen LogP contribution in [0.3, 0.4) is 0 Å². The number of carbonyl (C=O) groups is 4. The van der Waals surface area contributed by atoms with E-state index in [9.17, 15) is 19.2 Å². The van der Waals surface area contributed by atoms with E-state index in [1.54, 1.807) is 13.8 Å². The third-order valence-corrected chi connectivity index (χ3v) is 8.93. The molecule has 198 valence electrons. The van der Waals surface area contributed by atoms with Crippen LogP contribution in [-0.4, -0.2) is 42.0 Å². The van der Waals surface area contributed by atoms with Gasteiger partial charge in [-0.2, -0.15) is 0 Å². The number of rotatable bonds is 8. The second kappa shape index (κ2) is 11.0. The van der Waals surface area contributed by atoms with Gasteiger partial charge in [-0.05, 0) is 75.6 Å². The van der Waals surface area contributed by atoms with E-state index in [1.165, 1.54) is 41.0 Å². The minimum absolute atomic E-state index is 0.104. The van der Waals surface area contributed by atoms with Gasteiger partial charge < -0.3 is 20.1 Å². The number of esters is 2. The highest BCUT2D eigenvalue weighted by Crippen LogP contribution is 2.41. The summed E-state index contributed by atoms with van der Waals surface area (Å²) in [4.78, 5) is 57.4. The zero-order valence-corrected chi connectivity index (χ0v) is 22.7. The largest absolute Gasteiger partial charge is 0.462 e. The number of nitrogens with one attached hydrogen (secondary N) is 2. The van der Waals surface area contributed by atoms with E-state index < -0.39 is 23.8 Å². The molecule has 0 saturated heterocycles. The number of aromatic nitrogens is 1. The van der Waals surface area contributed by atoms with E-state index in [-0.39, 0.29) is 24.5 Å². The van der Waals surface area contributed by atoms with Crippen molar-refractivity contribution in [2.75, 3.05) is 23.8 Å². The minimum atomic E-state index is -0.485. The van der Waals surface area contributed by atoms with Crippen LogP contribution in [0.5, 0.6) is 0 Å². The lowest BCUT2D eigenvalue weighted by molar-refractivity contribution is 0.0517. The molecule has 2 N–H and O–H groups in total. The number of pyridine rings is 1. The van der Waals surface area contributed by atoms with E-state index in [1.807, 2.05) is 0 Å². The number of hydrogen-bond donors (Lipinski definition) is 2. The van der Waals surface area contributed by atoms with Crippen LogP contribution in [0.4, 0.5) is 10.0 Å². The van der Waals surface area contributed by atoms with Gasteiger partial charge in [0, 0.05) is 16.0 Å². The van der Waals surface area contributed by atoms with Gasteiger partial charge in [0.15, 0.2) is 0 Å². The molecule has 0 radical (unpaired) electrons. The van der Waals surface area contributed by atoms with Crippen molar-refractivity contribution < 1.29 is 28.7 Å². The standard InChI is InChI=1S/C27H27N3O6S2/c1-3-35-26(33)20-15-7-5-9-18(15)37-24(20)29-22(31)14-11-12-17(28-13-14)23(32)30-25-21(27(34)36-4-2)16-8-6-10-19(16)38-25/h11-13H,3-10H2,1-2H3,(H,29,31)(H,30,32). The average Bonchev–Trinajstić information content (AvgIpc) is 3.65. The number of nitrogens with zero attached hydrogens (tertiary/aromatic N) is 1. The van der Waals surface area contributed by atoms with Crippen LogP contribution < -0.4 is 10.6 Å². The van der Waals surface area contributed by atoms with Gasteiger partial charge >= 0.3 is 11.9 Å². The van der Waals surface area contributed by atoms with E-state index in [0.717, 1.165) is 59.4 Å². The molecule has 0 unspecified atom stereocenters. The van der Waals surface area contributed by atoms with E-state index in [4.69, 9.17) is 9.47 Å². The van der Waals surface area contributed by atoms with Gasteiger partial charge in [0.2, 0.25) is 0 Å². The first-order valence-corrected chi connectivity index (χ1v) is 14.3. The van der Waals surface area contributed by atoms with Crippen LogP contribution >= 0.6 is 22.7 Å². The first-order valence-electron chi connectivity index (χ1n) is 12.6. The van der Waals surface area contributed by atoms with Crippen LogP contribution in [0, 0.1) is 0 Å². The lowest BCUT2D eigenvalue weighted by Gasteiger charge is -2.09. The molecule has 3 aromatic heterocycles. The Kier molecular flexibility index (Phi) is 7.57. The van der Waals surface area contributed by atoms with E-state index in [2.05, 4.69) is 15.6 Å². The fraction of sp³-hybridized carbons (Fsp3) is 0.370. The molecule has 2 aliphatic rings. The van der Waals surface area contributed by atoms with Gasteiger partial charge in [-0.15, -0.1) is 22.7 Å². The molecule has 9 nitrogen and oxygen atoms in total. The maximum Gasteiger partial charge on any atom is 0.341 e. The molecule has 38 heavy (non-hydrogen) atoms. The van der Waals surface area contributed by atoms with Crippen LogP contribution in [-0.2, 0) is 35.2 Å². The van der Waals surface area contributed by atoms with Crippen LogP contribution in [0.15, 0.2) is 18.3 Å². The molecule has 0 aromatic carbocycles. The number of carbonyl (C=O) groups excluding carboxylic acids is 4. The number of fused-ring (bicyclic) bond motifs is 2. The van der Waals surface area contributed by atoms with Gasteiger partial charge in [0.1, 0.15) is 15.7 Å². The Morgan fingerprint density at radius 1 is 0.789 bits per heavy atom. The molecule has 3 heterocycles. The number of anilines is 2. The smallest absolute Gasteiger partial charge is 0.341 e. The molecule has 0 aliphatic heterocycles. The highest BCUT2D eigenvalue weighted by molar-refractivity contribution is 7.17. The summed E-state index contributed by atoms with van der Waals surface area (Å²) < 4.78 is 10.4. The predicted molar refractivity (Wildman–Crippen MR) is 145 cm³/mol. The molecular formula is C27H27N3O6S2. The van der Waals surface area contributed by atoms with E-state index in [0.29, 0.717) is 21.1 Å². The Hall–Kier alpha value is -3.57. The summed E-state index contributed by atoms with van der Waals surface area (Å²) in [5.41, 5.74) is 3.11. The fourth-order valence-corrected chi connectivity index (χ4v) is 7.37. The molecular weight excluding hydrogens is 526 g/mol. The maximum atomic E-state index is 13.0. The maximum absolute atomic E-state index is 13.0. The second-order valence-corrected chi connectivity index (χ2v) is 11.1. The van der Waals surface area contributed by atoms with Gasteiger partial charge in [-0.25, -0.2) is 9.59 Å². The van der Waals surface area contributed by atoms with E-state index >= 15 is 0 Å². The lowest BCUT2D eigenvalue weighted by Crippen LogP contribution is -2.18. The first-order chi connectivity index (χ1) is 18.4. The van der Waals surface area contributed by atoms with Crippen LogP contribution in [0.1, 0.15) is 89.1 Å². The number of aryl methyl sites for hydroxylation is 2. The summed E-state index contributed by atoms with van der Waals surface area (Å²) in [7, 11) is 0. The molecule has 5 rings (SSSR count). The Bertz CT molecular complexity index is 1320. The predicted octanol–water partition coefficient (Wildman–Crippen LogP) is 5.04. The van der Waals surface area contributed by atoms with Crippen molar-refractivity contribution in [3.8, 4) is 0 Å². The molecule has 2 amide bonds. The third kappa shape index (κ3) is 4.95. The zero-order chi connectivity index (χ0) is 26.8. The lowest BCUT2D eigenvalue weighted by atomic mass is 10.1. The Morgan fingerprint density at radius 2 is 1.32 bits per heavy atom. The van der Waals surface area contributed by atoms with Gasteiger partial charge in [0.25, 0.3) is 11.8 Å². The molecule has 0 bridgehead atoms. The molecule has 11 heteroatoms. The summed E-state index contributed by atoms with van der Waals surface area (Å²) in [6.45, 7) is 3.99. The number of thiophene rings is 2. The van der Waals surface area contributed by atoms with Crippen LogP contribution in [0.2, 0.25) is 0 Å². The monoisotopic (exact) mass is 553 g/mol. The Balaban J connectivity index is 1.31. The van der Waals surface area contributed by atoms with Gasteiger partial charge in [-0.3, -0.25) is 14.6 Å². The molecule has 3 aromatic rings. The molecule has 0 spiro atoms. The highest BCUT2D eigenvalue weighted by Gasteiger charge is 2.30. The topological polar surface area (TPSA) is 124 Å². The zero-order valence-electron chi connectivity index (χ0n) is 21.1. The number of ether oxygens (including phenoxy) is 2. The Morgan fingerprint density at radius 3 is 1.79 bits per heavy atom. The normalized spacial score (nSPS) is 13.5. The molecule has 0 saturated carbocycles. The summed E-state index contributed by atoms with van der Waals surface area (Å²) in [6, 6.07) is 2.96. The van der Waals surface area contributed by atoms with Crippen molar-refractivity contribution in [1.82, 2.24) is 4.98 Å². The number of hydrogen-bond acceptors (Lipinski definition) is 9. The third-order valence-electron chi connectivity index (χ3n) is 6.51. The van der Waals surface area contributed by atoms with Crippen molar-refractivity contribution in [2.24, 2.45) is 0 Å².